The second-order valence-electron chi connectivity index (χ2n) is 2.02. The molecule has 4 N–H and O–H groups in total. The number of rotatable bonds is 2. The molecule has 1 aromatic carbocycles. The van der Waals surface area contributed by atoms with Crippen LogP contribution in [-0.4, -0.2) is 68.8 Å². The zero-order valence-corrected chi connectivity index (χ0v) is 5.77. The fourth-order valence-corrected chi connectivity index (χ4v) is 0.710. The SMILES string of the molecule is Nc1cccc(OB(O)O)c1.[KH]. The Morgan fingerprint density at radius 2 is 2.00 bits per heavy atom. The molecule has 0 aliphatic carbocycles. The van der Waals surface area contributed by atoms with E-state index in [4.69, 9.17) is 15.8 Å². The van der Waals surface area contributed by atoms with Gasteiger partial charge in [-0.2, -0.15) is 0 Å². The van der Waals surface area contributed by atoms with Crippen molar-refractivity contribution in [3.63, 3.8) is 0 Å². The van der Waals surface area contributed by atoms with Gasteiger partial charge in [0.25, 0.3) is 0 Å². The normalized spacial score (nSPS) is 8.50. The maximum atomic E-state index is 8.39. The summed E-state index contributed by atoms with van der Waals surface area (Å²) >= 11 is 0. The van der Waals surface area contributed by atoms with Gasteiger partial charge in [0.05, 0.1) is 0 Å². The summed E-state index contributed by atoms with van der Waals surface area (Å²) in [5, 5.41) is 16.8. The van der Waals surface area contributed by atoms with Gasteiger partial charge in [-0.3, -0.25) is 0 Å². The molecular weight excluding hydrogens is 184 g/mol. The van der Waals surface area contributed by atoms with Crippen molar-refractivity contribution in [2.75, 3.05) is 5.73 Å². The average molecular weight is 193 g/mol. The topological polar surface area (TPSA) is 75.7 Å². The Labute approximate surface area is 113 Å². The first-order valence-electron chi connectivity index (χ1n) is 3.07. The summed E-state index contributed by atoms with van der Waals surface area (Å²) in [5.41, 5.74) is 5.91. The molecule has 0 fully saturated rings. The molecule has 6 heteroatoms. The molecule has 0 aromatic heterocycles. The van der Waals surface area contributed by atoms with E-state index in [0.29, 0.717) is 11.4 Å². The molecular formula is C6H9BKNO3. The average Bonchev–Trinajstić information content (AvgIpc) is 1.85. The van der Waals surface area contributed by atoms with Crippen LogP contribution in [0, 0.1) is 0 Å². The minimum absolute atomic E-state index is 0. The van der Waals surface area contributed by atoms with E-state index >= 15 is 0 Å². The monoisotopic (exact) mass is 193 g/mol. The van der Waals surface area contributed by atoms with Crippen LogP contribution in [0.3, 0.4) is 0 Å². The van der Waals surface area contributed by atoms with Crippen molar-refractivity contribution in [2.24, 2.45) is 0 Å². The summed E-state index contributed by atoms with van der Waals surface area (Å²) in [6, 6.07) is 6.42. The first-order valence-corrected chi connectivity index (χ1v) is 3.07. The van der Waals surface area contributed by atoms with E-state index in [1.807, 2.05) is 0 Å². The van der Waals surface area contributed by atoms with Gasteiger partial charge < -0.3 is 20.4 Å². The number of nitrogen functional groups attached to an aromatic ring is 1. The Morgan fingerprint density at radius 3 is 2.50 bits per heavy atom. The van der Waals surface area contributed by atoms with E-state index in [-0.39, 0.29) is 51.4 Å². The van der Waals surface area contributed by atoms with Crippen LogP contribution in [0.15, 0.2) is 24.3 Å². The molecule has 0 aliphatic heterocycles. The molecule has 0 bridgehead atoms. The second-order valence-corrected chi connectivity index (χ2v) is 2.02. The first-order chi connectivity index (χ1) is 5.18. The zero-order chi connectivity index (χ0) is 8.27. The van der Waals surface area contributed by atoms with Gasteiger partial charge in [-0.15, -0.1) is 0 Å². The Bertz CT molecular complexity index is 246. The Morgan fingerprint density at radius 1 is 1.33 bits per heavy atom. The van der Waals surface area contributed by atoms with Gasteiger partial charge >= 0.3 is 58.7 Å². The third kappa shape index (κ3) is 4.46. The van der Waals surface area contributed by atoms with Crippen molar-refractivity contribution in [2.45, 2.75) is 0 Å². The fourth-order valence-electron chi connectivity index (χ4n) is 0.710. The van der Waals surface area contributed by atoms with Crippen LogP contribution in [0.25, 0.3) is 0 Å². The van der Waals surface area contributed by atoms with Crippen LogP contribution in [0.5, 0.6) is 5.75 Å². The summed E-state index contributed by atoms with van der Waals surface area (Å²) in [4.78, 5) is 0. The zero-order valence-electron chi connectivity index (χ0n) is 5.77. The molecule has 0 atom stereocenters. The molecule has 0 aliphatic rings. The van der Waals surface area contributed by atoms with Crippen LogP contribution in [0.2, 0.25) is 0 Å². The summed E-state index contributed by atoms with van der Waals surface area (Å²) in [7, 11) is -1.79. The van der Waals surface area contributed by atoms with Crippen molar-refractivity contribution in [3.05, 3.63) is 24.3 Å². The molecule has 0 saturated heterocycles. The Balaban J connectivity index is 0.00000121. The van der Waals surface area contributed by atoms with E-state index < -0.39 is 7.32 Å². The molecule has 1 aromatic rings. The number of hydrogen-bond donors (Lipinski definition) is 3. The first kappa shape index (κ1) is 12.4. The molecule has 1 rings (SSSR count). The van der Waals surface area contributed by atoms with Gasteiger partial charge in [0.2, 0.25) is 0 Å². The third-order valence-electron chi connectivity index (χ3n) is 1.10. The van der Waals surface area contributed by atoms with Gasteiger partial charge in [0, 0.05) is 11.8 Å². The molecule has 60 valence electrons. The summed E-state index contributed by atoms with van der Waals surface area (Å²) in [6.45, 7) is 0. The number of anilines is 1. The maximum absolute atomic E-state index is 8.39. The van der Waals surface area contributed by atoms with Crippen LogP contribution in [0.1, 0.15) is 0 Å². The van der Waals surface area contributed by atoms with Gasteiger partial charge in [0.15, 0.2) is 0 Å². The van der Waals surface area contributed by atoms with E-state index in [2.05, 4.69) is 4.65 Å². The van der Waals surface area contributed by atoms with Crippen LogP contribution in [0.4, 0.5) is 5.69 Å². The van der Waals surface area contributed by atoms with E-state index in [9.17, 15) is 0 Å². The predicted octanol–water partition coefficient (Wildman–Crippen LogP) is -1.03. The van der Waals surface area contributed by atoms with Crippen LogP contribution in [-0.2, 0) is 0 Å². The quantitative estimate of drug-likeness (QED) is 0.414. The van der Waals surface area contributed by atoms with Crippen LogP contribution >= 0.6 is 0 Å². The van der Waals surface area contributed by atoms with Crippen molar-refractivity contribution < 1.29 is 14.7 Å². The summed E-state index contributed by atoms with van der Waals surface area (Å²) < 4.78 is 4.53. The third-order valence-corrected chi connectivity index (χ3v) is 1.10. The van der Waals surface area contributed by atoms with E-state index in [0.717, 1.165) is 0 Å². The number of benzene rings is 1. The summed E-state index contributed by atoms with van der Waals surface area (Å²) in [6.07, 6.45) is 0. The molecule has 0 heterocycles. The number of hydrogen-bond acceptors (Lipinski definition) is 4. The molecule has 0 saturated carbocycles. The Hall–Kier alpha value is 0.441. The molecule has 12 heavy (non-hydrogen) atoms. The second kappa shape index (κ2) is 5.98. The fraction of sp³-hybridized carbons (Fsp3) is 0. The van der Waals surface area contributed by atoms with Gasteiger partial charge in [-0.1, -0.05) is 6.07 Å². The minimum atomic E-state index is -1.79. The van der Waals surface area contributed by atoms with Crippen molar-refractivity contribution in [1.82, 2.24) is 0 Å². The van der Waals surface area contributed by atoms with Crippen molar-refractivity contribution in [1.29, 1.82) is 0 Å². The Kier molecular flexibility index (Phi) is 6.20. The molecule has 0 radical (unpaired) electrons. The molecule has 0 amide bonds. The van der Waals surface area contributed by atoms with Gasteiger partial charge in [-0.05, 0) is 12.1 Å². The van der Waals surface area contributed by atoms with Crippen molar-refractivity contribution in [3.8, 4) is 5.75 Å². The predicted molar refractivity (Wildman–Crippen MR) is 48.8 cm³/mol. The van der Waals surface area contributed by atoms with Gasteiger partial charge in [-0.25, -0.2) is 0 Å². The number of nitrogens with two attached hydrogens (primary N) is 1. The van der Waals surface area contributed by atoms with Gasteiger partial charge in [0.1, 0.15) is 5.75 Å². The van der Waals surface area contributed by atoms with E-state index in [1.165, 1.54) is 6.07 Å². The standard InChI is InChI=1S/C6H8BNO3.K.H/c8-5-2-1-3-6(4-5)11-7(9)10;;/h1-4,9-10H,8H2;;. The summed E-state index contributed by atoms with van der Waals surface area (Å²) in [5.74, 6) is 0.333. The molecule has 0 spiro atoms. The molecule has 4 nitrogen and oxygen atoms in total. The van der Waals surface area contributed by atoms with Crippen LogP contribution < -0.4 is 10.4 Å². The van der Waals surface area contributed by atoms with Crippen molar-refractivity contribution >= 4 is 64.4 Å². The van der Waals surface area contributed by atoms with E-state index in [1.54, 1.807) is 18.2 Å². The molecule has 0 unspecified atom stereocenters.